The molecule has 0 saturated carbocycles. The number of para-hydroxylation sites is 1. The largest absolute Gasteiger partial charge is 0.493 e. The third kappa shape index (κ3) is 5.76. The average Bonchev–Trinajstić information content (AvgIpc) is 2.97. The summed E-state index contributed by atoms with van der Waals surface area (Å²) in [6, 6.07) is 12.9. The molecular weight excluding hydrogens is 412 g/mol. The summed E-state index contributed by atoms with van der Waals surface area (Å²) in [4.78, 5) is 38.8. The molecule has 1 N–H and O–H groups in total. The number of carbonyl (C=O) groups excluding carboxylic acids is 3. The number of imide groups is 1. The zero-order chi connectivity index (χ0) is 22.5. The normalized spacial score (nSPS) is 15.1. The van der Waals surface area contributed by atoms with Crippen molar-refractivity contribution in [1.29, 1.82) is 0 Å². The van der Waals surface area contributed by atoms with Gasteiger partial charge in [-0.1, -0.05) is 38.1 Å². The second kappa shape index (κ2) is 9.83. The molecule has 3 amide bonds. The maximum absolute atomic E-state index is 12.8. The number of carbonyl (C=O) groups is 3. The Labute approximate surface area is 186 Å². The maximum atomic E-state index is 12.8. The predicted molar refractivity (Wildman–Crippen MR) is 124 cm³/mol. The average molecular weight is 439 g/mol. The van der Waals surface area contributed by atoms with Crippen molar-refractivity contribution in [2.75, 3.05) is 18.5 Å². The molecule has 2 aromatic carbocycles. The van der Waals surface area contributed by atoms with E-state index in [9.17, 15) is 14.4 Å². The van der Waals surface area contributed by atoms with Crippen LogP contribution in [0.4, 0.5) is 10.5 Å². The molecule has 31 heavy (non-hydrogen) atoms. The summed E-state index contributed by atoms with van der Waals surface area (Å²) >= 11 is 0.825. The molecule has 0 unspecified atom stereocenters. The summed E-state index contributed by atoms with van der Waals surface area (Å²) in [5.41, 5.74) is 3.51. The number of ether oxygens (including phenoxy) is 1. The van der Waals surface area contributed by atoms with Gasteiger partial charge in [-0.2, -0.15) is 0 Å². The molecule has 0 aliphatic carbocycles. The molecule has 0 atom stereocenters. The van der Waals surface area contributed by atoms with Crippen molar-refractivity contribution in [1.82, 2.24) is 4.90 Å². The molecule has 3 rings (SSSR count). The third-order valence-electron chi connectivity index (χ3n) is 4.74. The van der Waals surface area contributed by atoms with Gasteiger partial charge in [-0.15, -0.1) is 0 Å². The summed E-state index contributed by atoms with van der Waals surface area (Å²) in [5, 5.41) is 2.28. The fraction of sp³-hybridized carbons (Fsp3) is 0.292. The number of nitrogens with one attached hydrogen (secondary N) is 1. The molecule has 1 fully saturated rings. The van der Waals surface area contributed by atoms with Crippen LogP contribution in [0.1, 0.15) is 30.5 Å². The van der Waals surface area contributed by atoms with E-state index < -0.39 is 17.1 Å². The third-order valence-corrected chi connectivity index (χ3v) is 5.65. The van der Waals surface area contributed by atoms with Crippen LogP contribution in [-0.4, -0.2) is 35.1 Å². The van der Waals surface area contributed by atoms with Crippen molar-refractivity contribution in [2.24, 2.45) is 5.92 Å². The van der Waals surface area contributed by atoms with Gasteiger partial charge in [-0.25, -0.2) is 0 Å². The minimum atomic E-state index is -0.483. The van der Waals surface area contributed by atoms with Crippen LogP contribution in [0.25, 0.3) is 6.08 Å². The Morgan fingerprint density at radius 3 is 2.58 bits per heavy atom. The first-order valence-corrected chi connectivity index (χ1v) is 10.9. The molecule has 1 saturated heterocycles. The molecule has 0 spiro atoms. The summed E-state index contributed by atoms with van der Waals surface area (Å²) in [6.07, 6.45) is 1.64. The van der Waals surface area contributed by atoms with Crippen molar-refractivity contribution < 1.29 is 19.1 Å². The van der Waals surface area contributed by atoms with E-state index in [4.69, 9.17) is 4.74 Å². The van der Waals surface area contributed by atoms with E-state index in [0.29, 0.717) is 29.5 Å². The zero-order valence-electron chi connectivity index (χ0n) is 18.1. The molecule has 7 heteroatoms. The van der Waals surface area contributed by atoms with Crippen molar-refractivity contribution in [2.45, 2.75) is 27.7 Å². The number of rotatable bonds is 7. The Kier molecular flexibility index (Phi) is 7.17. The number of hydrogen-bond donors (Lipinski definition) is 1. The number of amides is 3. The van der Waals surface area contributed by atoms with E-state index in [-0.39, 0.29) is 11.4 Å². The Morgan fingerprint density at radius 1 is 1.13 bits per heavy atom. The fourth-order valence-corrected chi connectivity index (χ4v) is 3.76. The van der Waals surface area contributed by atoms with E-state index in [1.807, 2.05) is 50.2 Å². The summed E-state index contributed by atoms with van der Waals surface area (Å²) in [5.74, 6) is 0.1000. The van der Waals surface area contributed by atoms with Crippen molar-refractivity contribution in [3.8, 4) is 5.75 Å². The Morgan fingerprint density at radius 2 is 1.87 bits per heavy atom. The Balaban J connectivity index is 1.71. The minimum absolute atomic E-state index is 0.268. The van der Waals surface area contributed by atoms with E-state index in [1.54, 1.807) is 12.1 Å². The molecule has 6 nitrogen and oxygen atoms in total. The van der Waals surface area contributed by atoms with E-state index >= 15 is 0 Å². The summed E-state index contributed by atoms with van der Waals surface area (Å²) < 4.78 is 5.82. The van der Waals surface area contributed by atoms with Crippen LogP contribution in [0.3, 0.4) is 0 Å². The number of hydrogen-bond acceptors (Lipinski definition) is 5. The minimum Gasteiger partial charge on any atom is -0.493 e. The van der Waals surface area contributed by atoms with Crippen LogP contribution in [-0.2, 0) is 9.59 Å². The lowest BCUT2D eigenvalue weighted by Crippen LogP contribution is -2.36. The zero-order valence-corrected chi connectivity index (χ0v) is 18.9. The maximum Gasteiger partial charge on any atom is 0.294 e. The highest BCUT2D eigenvalue weighted by Crippen LogP contribution is 2.34. The SMILES string of the molecule is Cc1ccc(NC(=O)CN2C(=O)S/C(=C/c3ccccc3OCC(C)C)C2=O)cc1C. The quantitative estimate of drug-likeness (QED) is 0.615. The monoisotopic (exact) mass is 438 g/mol. The molecule has 0 radical (unpaired) electrons. The molecule has 2 aromatic rings. The van der Waals surface area contributed by atoms with E-state index in [2.05, 4.69) is 19.2 Å². The number of thioether (sulfide) groups is 1. The molecule has 1 aliphatic heterocycles. The van der Waals surface area contributed by atoms with Gasteiger partial charge >= 0.3 is 0 Å². The molecule has 1 aliphatic rings. The molecule has 1 heterocycles. The van der Waals surface area contributed by atoms with Crippen LogP contribution in [0.2, 0.25) is 0 Å². The first kappa shape index (κ1) is 22.6. The van der Waals surface area contributed by atoms with Gasteiger partial charge < -0.3 is 10.1 Å². The highest BCUT2D eigenvalue weighted by atomic mass is 32.2. The number of anilines is 1. The lowest BCUT2D eigenvalue weighted by Gasteiger charge is -2.13. The molecule has 0 bridgehead atoms. The van der Waals surface area contributed by atoms with Crippen molar-refractivity contribution in [3.63, 3.8) is 0 Å². The first-order valence-electron chi connectivity index (χ1n) is 10.1. The number of aryl methyl sites for hydroxylation is 2. The fourth-order valence-electron chi connectivity index (χ4n) is 2.93. The van der Waals surface area contributed by atoms with Gasteiger partial charge in [0.2, 0.25) is 5.91 Å². The highest BCUT2D eigenvalue weighted by molar-refractivity contribution is 8.18. The van der Waals surface area contributed by atoms with Crippen LogP contribution in [0.5, 0.6) is 5.75 Å². The smallest absolute Gasteiger partial charge is 0.294 e. The first-order chi connectivity index (χ1) is 14.7. The van der Waals surface area contributed by atoms with Crippen LogP contribution in [0, 0.1) is 19.8 Å². The Hall–Kier alpha value is -3.06. The summed E-state index contributed by atoms with van der Waals surface area (Å²) in [7, 11) is 0. The Bertz CT molecular complexity index is 1050. The van der Waals surface area contributed by atoms with Crippen LogP contribution >= 0.6 is 11.8 Å². The van der Waals surface area contributed by atoms with Crippen molar-refractivity contribution in [3.05, 3.63) is 64.1 Å². The van der Waals surface area contributed by atoms with Gasteiger partial charge in [-0.05, 0) is 66.9 Å². The van der Waals surface area contributed by atoms with Gasteiger partial charge in [0.15, 0.2) is 0 Å². The van der Waals surface area contributed by atoms with Gasteiger partial charge in [0, 0.05) is 11.3 Å². The number of nitrogens with zero attached hydrogens (tertiary/aromatic N) is 1. The van der Waals surface area contributed by atoms with Gasteiger partial charge in [-0.3, -0.25) is 19.3 Å². The molecular formula is C24H26N2O4S. The van der Waals surface area contributed by atoms with E-state index in [1.165, 1.54) is 0 Å². The van der Waals surface area contributed by atoms with Crippen LogP contribution < -0.4 is 10.1 Å². The second-order valence-corrected chi connectivity index (χ2v) is 8.85. The van der Waals surface area contributed by atoms with Crippen LogP contribution in [0.15, 0.2) is 47.4 Å². The second-order valence-electron chi connectivity index (χ2n) is 7.86. The van der Waals surface area contributed by atoms with Crippen molar-refractivity contribution >= 4 is 40.6 Å². The number of benzene rings is 2. The molecule has 0 aromatic heterocycles. The standard InChI is InChI=1S/C24H26N2O4S/c1-15(2)14-30-20-8-6-5-7-18(20)12-21-23(28)26(24(29)31-21)13-22(27)25-19-10-9-16(3)17(4)11-19/h5-12,15H,13-14H2,1-4H3,(H,25,27)/b21-12+. The van der Waals surface area contributed by atoms with Gasteiger partial charge in [0.05, 0.1) is 11.5 Å². The predicted octanol–water partition coefficient (Wildman–Crippen LogP) is 5.01. The lowest BCUT2D eigenvalue weighted by molar-refractivity contribution is -0.127. The van der Waals surface area contributed by atoms with Gasteiger partial charge in [0.1, 0.15) is 12.3 Å². The summed E-state index contributed by atoms with van der Waals surface area (Å²) in [6.45, 7) is 8.26. The molecule has 162 valence electrons. The van der Waals surface area contributed by atoms with E-state index in [0.717, 1.165) is 27.8 Å². The topological polar surface area (TPSA) is 75.7 Å². The van der Waals surface area contributed by atoms with Gasteiger partial charge in [0.25, 0.3) is 11.1 Å². The lowest BCUT2D eigenvalue weighted by atomic mass is 10.1. The highest BCUT2D eigenvalue weighted by Gasteiger charge is 2.36.